The molecular formula is C12H14BrN3O3S. The van der Waals surface area contributed by atoms with Crippen molar-refractivity contribution in [1.82, 2.24) is 14.5 Å². The highest BCUT2D eigenvalue weighted by Crippen LogP contribution is 2.27. The number of aromatic nitrogens is 2. The first kappa shape index (κ1) is 15.0. The minimum absolute atomic E-state index is 0.146. The molecule has 0 bridgehead atoms. The molecule has 0 spiro atoms. The average molecular weight is 360 g/mol. The number of benzene rings is 1. The number of hydrogen-bond donors (Lipinski definition) is 1. The van der Waals surface area contributed by atoms with Gasteiger partial charge in [0.1, 0.15) is 5.75 Å². The standard InChI is InChI=1S/C12H14BrN3O3S/c1-16-6-5-9(15-16)8-14-20(17,18)10-3-4-12(19-2)11(13)7-10/h3-7,14H,8H2,1-2H3. The van der Waals surface area contributed by atoms with Gasteiger partial charge in [0.15, 0.2) is 0 Å². The third-order valence-corrected chi connectivity index (χ3v) is 4.66. The van der Waals surface area contributed by atoms with Crippen LogP contribution in [0.15, 0.2) is 39.8 Å². The van der Waals surface area contributed by atoms with Crippen molar-refractivity contribution in [2.75, 3.05) is 7.11 Å². The van der Waals surface area contributed by atoms with Gasteiger partial charge in [0.2, 0.25) is 10.0 Å². The Morgan fingerprint density at radius 1 is 1.40 bits per heavy atom. The van der Waals surface area contributed by atoms with Crippen LogP contribution < -0.4 is 9.46 Å². The number of nitrogens with one attached hydrogen (secondary N) is 1. The summed E-state index contributed by atoms with van der Waals surface area (Å²) in [5.41, 5.74) is 0.656. The van der Waals surface area contributed by atoms with Crippen LogP contribution in [0.2, 0.25) is 0 Å². The van der Waals surface area contributed by atoms with Gasteiger partial charge in [-0.1, -0.05) is 0 Å². The van der Waals surface area contributed by atoms with Gasteiger partial charge in [-0.15, -0.1) is 0 Å². The number of hydrogen-bond acceptors (Lipinski definition) is 4. The lowest BCUT2D eigenvalue weighted by Crippen LogP contribution is -2.23. The van der Waals surface area contributed by atoms with E-state index in [1.54, 1.807) is 30.1 Å². The summed E-state index contributed by atoms with van der Waals surface area (Å²) >= 11 is 3.27. The second kappa shape index (κ2) is 5.94. The number of sulfonamides is 1. The van der Waals surface area contributed by atoms with Gasteiger partial charge in [0.25, 0.3) is 0 Å². The zero-order valence-electron chi connectivity index (χ0n) is 11.0. The first-order chi connectivity index (χ1) is 9.42. The van der Waals surface area contributed by atoms with Crippen molar-refractivity contribution in [3.63, 3.8) is 0 Å². The number of nitrogens with zero attached hydrogens (tertiary/aromatic N) is 2. The molecule has 1 aromatic heterocycles. The van der Waals surface area contributed by atoms with E-state index in [0.29, 0.717) is 15.9 Å². The molecule has 108 valence electrons. The normalized spacial score (nSPS) is 11.6. The number of halogens is 1. The molecule has 8 heteroatoms. The van der Waals surface area contributed by atoms with Crippen LogP contribution in [0.25, 0.3) is 0 Å². The van der Waals surface area contributed by atoms with E-state index >= 15 is 0 Å². The molecule has 1 heterocycles. The van der Waals surface area contributed by atoms with Crippen molar-refractivity contribution < 1.29 is 13.2 Å². The predicted octanol–water partition coefficient (Wildman–Crippen LogP) is 1.67. The third kappa shape index (κ3) is 3.38. The van der Waals surface area contributed by atoms with E-state index in [1.807, 2.05) is 0 Å². The molecule has 20 heavy (non-hydrogen) atoms. The molecular weight excluding hydrogens is 346 g/mol. The third-order valence-electron chi connectivity index (χ3n) is 2.65. The largest absolute Gasteiger partial charge is 0.496 e. The topological polar surface area (TPSA) is 73.2 Å². The number of ether oxygens (including phenoxy) is 1. The molecule has 0 aliphatic heterocycles. The Balaban J connectivity index is 2.15. The first-order valence-electron chi connectivity index (χ1n) is 5.74. The van der Waals surface area contributed by atoms with Crippen LogP contribution in [-0.4, -0.2) is 25.3 Å². The van der Waals surface area contributed by atoms with Crippen molar-refractivity contribution in [3.8, 4) is 5.75 Å². The Bertz CT molecular complexity index is 712. The van der Waals surface area contributed by atoms with Crippen molar-refractivity contribution >= 4 is 26.0 Å². The predicted molar refractivity (Wildman–Crippen MR) is 77.9 cm³/mol. The van der Waals surface area contributed by atoms with E-state index in [0.717, 1.165) is 0 Å². The smallest absolute Gasteiger partial charge is 0.240 e. The first-order valence-corrected chi connectivity index (χ1v) is 8.02. The Morgan fingerprint density at radius 2 is 2.15 bits per heavy atom. The minimum atomic E-state index is -3.58. The van der Waals surface area contributed by atoms with E-state index in [9.17, 15) is 8.42 Å². The SMILES string of the molecule is COc1ccc(S(=O)(=O)NCc2ccn(C)n2)cc1Br. The second-order valence-electron chi connectivity index (χ2n) is 4.10. The summed E-state index contributed by atoms with van der Waals surface area (Å²) < 4.78 is 34.1. The van der Waals surface area contributed by atoms with Gasteiger partial charge in [-0.05, 0) is 40.2 Å². The molecule has 0 aliphatic rings. The highest BCUT2D eigenvalue weighted by Gasteiger charge is 2.16. The maximum Gasteiger partial charge on any atom is 0.240 e. The highest BCUT2D eigenvalue weighted by molar-refractivity contribution is 9.10. The molecule has 0 radical (unpaired) electrons. The van der Waals surface area contributed by atoms with E-state index in [-0.39, 0.29) is 11.4 Å². The van der Waals surface area contributed by atoms with Crippen LogP contribution in [-0.2, 0) is 23.6 Å². The fourth-order valence-electron chi connectivity index (χ4n) is 1.62. The fraction of sp³-hybridized carbons (Fsp3) is 0.250. The van der Waals surface area contributed by atoms with Gasteiger partial charge in [0, 0.05) is 13.2 Å². The van der Waals surface area contributed by atoms with Crippen LogP contribution in [0.5, 0.6) is 5.75 Å². The molecule has 2 rings (SSSR count). The van der Waals surface area contributed by atoms with Crippen molar-refractivity contribution in [2.45, 2.75) is 11.4 Å². The fourth-order valence-corrected chi connectivity index (χ4v) is 3.34. The number of aryl methyl sites for hydroxylation is 1. The molecule has 1 aromatic carbocycles. The lowest BCUT2D eigenvalue weighted by molar-refractivity contribution is 0.411. The van der Waals surface area contributed by atoms with E-state index in [2.05, 4.69) is 25.8 Å². The van der Waals surface area contributed by atoms with E-state index in [1.165, 1.54) is 19.2 Å². The van der Waals surface area contributed by atoms with Crippen molar-refractivity contribution in [3.05, 3.63) is 40.6 Å². The zero-order valence-corrected chi connectivity index (χ0v) is 13.4. The van der Waals surface area contributed by atoms with Crippen LogP contribution in [0.1, 0.15) is 5.69 Å². The summed E-state index contributed by atoms with van der Waals surface area (Å²) in [6, 6.07) is 6.34. The molecule has 6 nitrogen and oxygen atoms in total. The van der Waals surface area contributed by atoms with Gasteiger partial charge in [-0.2, -0.15) is 5.10 Å². The molecule has 0 unspecified atom stereocenters. The Morgan fingerprint density at radius 3 is 2.70 bits per heavy atom. The second-order valence-corrected chi connectivity index (χ2v) is 6.72. The molecule has 2 aromatic rings. The van der Waals surface area contributed by atoms with E-state index < -0.39 is 10.0 Å². The van der Waals surface area contributed by atoms with Crippen LogP contribution in [0, 0.1) is 0 Å². The molecule has 0 aliphatic carbocycles. The average Bonchev–Trinajstić information content (AvgIpc) is 2.82. The Labute approximate surface area is 125 Å². The van der Waals surface area contributed by atoms with Crippen LogP contribution >= 0.6 is 15.9 Å². The summed E-state index contributed by atoms with van der Waals surface area (Å²) in [6.07, 6.45) is 1.76. The summed E-state index contributed by atoms with van der Waals surface area (Å²) in [5.74, 6) is 0.577. The molecule has 0 atom stereocenters. The van der Waals surface area contributed by atoms with Gasteiger partial charge in [-0.25, -0.2) is 13.1 Å². The van der Waals surface area contributed by atoms with Gasteiger partial charge < -0.3 is 4.74 Å². The summed E-state index contributed by atoms with van der Waals surface area (Å²) in [7, 11) is -0.284. The highest BCUT2D eigenvalue weighted by atomic mass is 79.9. The van der Waals surface area contributed by atoms with Crippen molar-refractivity contribution in [2.24, 2.45) is 7.05 Å². The van der Waals surface area contributed by atoms with Gasteiger partial charge in [0.05, 0.1) is 28.7 Å². The van der Waals surface area contributed by atoms with E-state index in [4.69, 9.17) is 4.74 Å². The molecule has 0 saturated carbocycles. The quantitative estimate of drug-likeness (QED) is 0.881. The maximum atomic E-state index is 12.2. The van der Waals surface area contributed by atoms with Crippen LogP contribution in [0.3, 0.4) is 0 Å². The molecule has 0 amide bonds. The lowest BCUT2D eigenvalue weighted by atomic mass is 10.3. The summed E-state index contributed by atoms with van der Waals surface area (Å²) in [5, 5.41) is 4.11. The maximum absolute atomic E-state index is 12.2. The Kier molecular flexibility index (Phi) is 4.46. The van der Waals surface area contributed by atoms with Crippen molar-refractivity contribution in [1.29, 1.82) is 0 Å². The number of rotatable bonds is 5. The molecule has 0 saturated heterocycles. The number of methoxy groups -OCH3 is 1. The summed E-state index contributed by atoms with van der Waals surface area (Å²) in [6.45, 7) is 0.146. The molecule has 1 N–H and O–H groups in total. The lowest BCUT2D eigenvalue weighted by Gasteiger charge is -2.08. The summed E-state index contributed by atoms with van der Waals surface area (Å²) in [4.78, 5) is 0.168. The Hall–Kier alpha value is -1.38. The monoisotopic (exact) mass is 359 g/mol. The van der Waals surface area contributed by atoms with Gasteiger partial charge in [-0.3, -0.25) is 4.68 Å². The minimum Gasteiger partial charge on any atom is -0.496 e. The van der Waals surface area contributed by atoms with Gasteiger partial charge >= 0.3 is 0 Å². The zero-order chi connectivity index (χ0) is 14.8. The van der Waals surface area contributed by atoms with Crippen LogP contribution in [0.4, 0.5) is 0 Å². The molecule has 0 fully saturated rings.